The van der Waals surface area contributed by atoms with Crippen molar-refractivity contribution in [2.45, 2.75) is 13.8 Å². The highest BCUT2D eigenvalue weighted by Gasteiger charge is 2.28. The fourth-order valence-corrected chi connectivity index (χ4v) is 3.25. The van der Waals surface area contributed by atoms with Gasteiger partial charge in [-0.2, -0.15) is 0 Å². The number of anilines is 1. The summed E-state index contributed by atoms with van der Waals surface area (Å²) in [5.41, 5.74) is 3.33. The Morgan fingerprint density at radius 2 is 1.76 bits per heavy atom. The number of aromatic amines is 1. The summed E-state index contributed by atoms with van der Waals surface area (Å²) >= 11 is 0. The number of hydrogen-bond donors (Lipinski definition) is 1. The van der Waals surface area contributed by atoms with Gasteiger partial charge in [0.2, 0.25) is 0 Å². The number of aryl methyl sites for hydroxylation is 1. The summed E-state index contributed by atoms with van der Waals surface area (Å²) in [7, 11) is 1.34. The van der Waals surface area contributed by atoms with E-state index in [0.29, 0.717) is 35.6 Å². The van der Waals surface area contributed by atoms with Gasteiger partial charge in [0.05, 0.1) is 12.7 Å². The molecule has 1 fully saturated rings. The second-order valence-electron chi connectivity index (χ2n) is 6.10. The summed E-state index contributed by atoms with van der Waals surface area (Å²) in [4.78, 5) is 35.9. The van der Waals surface area contributed by atoms with Crippen LogP contribution in [-0.2, 0) is 4.74 Å². The number of methoxy groups -OCH3 is 1. The lowest BCUT2D eigenvalue weighted by atomic mass is 10.1. The predicted octanol–water partition coefficient (Wildman–Crippen LogP) is 1.78. The van der Waals surface area contributed by atoms with E-state index in [-0.39, 0.29) is 5.91 Å². The molecule has 0 bridgehead atoms. The maximum atomic E-state index is 12.9. The van der Waals surface area contributed by atoms with Crippen LogP contribution in [0.5, 0.6) is 0 Å². The van der Waals surface area contributed by atoms with Gasteiger partial charge in [0, 0.05) is 50.0 Å². The lowest BCUT2D eigenvalue weighted by molar-refractivity contribution is 0.0599. The van der Waals surface area contributed by atoms with Crippen molar-refractivity contribution in [2.24, 2.45) is 0 Å². The molecule has 7 nitrogen and oxygen atoms in total. The molecule has 1 amide bonds. The number of rotatable bonds is 3. The Hall–Kier alpha value is -2.83. The van der Waals surface area contributed by atoms with Crippen LogP contribution in [0.2, 0.25) is 0 Å². The highest BCUT2D eigenvalue weighted by molar-refractivity contribution is 6.00. The molecular weight excluding hydrogens is 320 g/mol. The lowest BCUT2D eigenvalue weighted by Crippen LogP contribution is -2.49. The average molecular weight is 342 g/mol. The Bertz CT molecular complexity index is 777. The first kappa shape index (κ1) is 17.0. The number of carbonyl (C=O) groups is 2. The van der Waals surface area contributed by atoms with Gasteiger partial charge in [-0.3, -0.25) is 9.78 Å². The topological polar surface area (TPSA) is 78.5 Å². The van der Waals surface area contributed by atoms with Gasteiger partial charge in [-0.25, -0.2) is 4.79 Å². The number of ether oxygens (including phenoxy) is 1. The lowest BCUT2D eigenvalue weighted by Gasteiger charge is -2.36. The van der Waals surface area contributed by atoms with E-state index in [1.165, 1.54) is 7.11 Å². The molecule has 132 valence electrons. The summed E-state index contributed by atoms with van der Waals surface area (Å²) in [6.07, 6.45) is 3.54. The Morgan fingerprint density at radius 1 is 1.12 bits per heavy atom. The number of pyridine rings is 1. The van der Waals surface area contributed by atoms with Gasteiger partial charge in [0.1, 0.15) is 5.69 Å². The van der Waals surface area contributed by atoms with Gasteiger partial charge in [-0.05, 0) is 31.5 Å². The third kappa shape index (κ3) is 3.22. The molecular formula is C18H22N4O3. The summed E-state index contributed by atoms with van der Waals surface area (Å²) in [6, 6.07) is 3.94. The molecule has 1 aliphatic rings. The van der Waals surface area contributed by atoms with Crippen molar-refractivity contribution in [3.63, 3.8) is 0 Å². The normalized spacial score (nSPS) is 14.5. The Kier molecular flexibility index (Phi) is 4.74. The molecule has 0 aromatic carbocycles. The molecule has 0 saturated carbocycles. The van der Waals surface area contributed by atoms with Crippen LogP contribution in [0.15, 0.2) is 24.5 Å². The van der Waals surface area contributed by atoms with Crippen molar-refractivity contribution in [2.75, 3.05) is 38.2 Å². The third-order valence-corrected chi connectivity index (χ3v) is 4.64. The second-order valence-corrected chi connectivity index (χ2v) is 6.10. The quantitative estimate of drug-likeness (QED) is 0.860. The number of H-pyrrole nitrogens is 1. The molecule has 2 aromatic heterocycles. The van der Waals surface area contributed by atoms with E-state index in [1.807, 2.05) is 17.0 Å². The van der Waals surface area contributed by atoms with Gasteiger partial charge >= 0.3 is 5.97 Å². The number of nitrogens with zero attached hydrogens (tertiary/aromatic N) is 3. The number of nitrogens with one attached hydrogen (secondary N) is 1. The van der Waals surface area contributed by atoms with Crippen molar-refractivity contribution in [1.29, 1.82) is 0 Å². The molecule has 2 aromatic rings. The van der Waals surface area contributed by atoms with Gasteiger partial charge in [-0.15, -0.1) is 0 Å². The van der Waals surface area contributed by atoms with Gasteiger partial charge in [0.15, 0.2) is 0 Å². The first-order valence-corrected chi connectivity index (χ1v) is 8.24. The molecule has 1 saturated heterocycles. The van der Waals surface area contributed by atoms with E-state index in [0.717, 1.165) is 18.8 Å². The molecule has 0 unspecified atom stereocenters. The average Bonchev–Trinajstić information content (AvgIpc) is 2.95. The third-order valence-electron chi connectivity index (χ3n) is 4.64. The van der Waals surface area contributed by atoms with Crippen molar-refractivity contribution >= 4 is 17.6 Å². The van der Waals surface area contributed by atoms with Crippen molar-refractivity contribution < 1.29 is 14.3 Å². The van der Waals surface area contributed by atoms with E-state index >= 15 is 0 Å². The zero-order valence-electron chi connectivity index (χ0n) is 14.7. The number of hydrogen-bond acceptors (Lipinski definition) is 5. The van der Waals surface area contributed by atoms with Crippen molar-refractivity contribution in [1.82, 2.24) is 14.9 Å². The van der Waals surface area contributed by atoms with Crippen LogP contribution < -0.4 is 4.90 Å². The Labute approximate surface area is 146 Å². The van der Waals surface area contributed by atoms with Crippen LogP contribution in [0.1, 0.15) is 32.1 Å². The monoisotopic (exact) mass is 342 g/mol. The van der Waals surface area contributed by atoms with Crippen LogP contribution in [0.25, 0.3) is 0 Å². The number of piperazine rings is 1. The van der Waals surface area contributed by atoms with Crippen LogP contribution in [0, 0.1) is 13.8 Å². The minimum Gasteiger partial charge on any atom is -0.465 e. The summed E-state index contributed by atoms with van der Waals surface area (Å²) < 4.78 is 4.80. The van der Waals surface area contributed by atoms with E-state index < -0.39 is 5.97 Å². The van der Waals surface area contributed by atoms with E-state index in [1.54, 1.807) is 26.2 Å². The molecule has 0 aliphatic carbocycles. The van der Waals surface area contributed by atoms with Gasteiger partial charge < -0.3 is 19.5 Å². The standard InChI is InChI=1S/C18H22N4O3/c1-12-15(18(24)25-3)13(2)20-16(12)17(23)22-10-8-21(9-11-22)14-4-6-19-7-5-14/h4-7,20H,8-11H2,1-3H3. The maximum Gasteiger partial charge on any atom is 0.339 e. The van der Waals surface area contributed by atoms with Gasteiger partial charge in [0.25, 0.3) is 5.91 Å². The highest BCUT2D eigenvalue weighted by atomic mass is 16.5. The van der Waals surface area contributed by atoms with Crippen LogP contribution in [0.3, 0.4) is 0 Å². The number of esters is 1. The first-order valence-electron chi connectivity index (χ1n) is 8.24. The minimum absolute atomic E-state index is 0.0786. The highest BCUT2D eigenvalue weighted by Crippen LogP contribution is 2.22. The zero-order valence-corrected chi connectivity index (χ0v) is 14.7. The summed E-state index contributed by atoms with van der Waals surface area (Å²) in [6.45, 7) is 6.34. The zero-order chi connectivity index (χ0) is 18.0. The van der Waals surface area contributed by atoms with Crippen LogP contribution >= 0.6 is 0 Å². The molecule has 7 heteroatoms. The predicted molar refractivity (Wildman–Crippen MR) is 94.0 cm³/mol. The number of amides is 1. The van der Waals surface area contributed by atoms with E-state index in [9.17, 15) is 9.59 Å². The molecule has 1 aliphatic heterocycles. The molecule has 0 spiro atoms. The summed E-state index contributed by atoms with van der Waals surface area (Å²) in [5, 5.41) is 0. The minimum atomic E-state index is -0.423. The van der Waals surface area contributed by atoms with Crippen molar-refractivity contribution in [3.8, 4) is 0 Å². The molecule has 25 heavy (non-hydrogen) atoms. The fraction of sp³-hybridized carbons (Fsp3) is 0.389. The van der Waals surface area contributed by atoms with Crippen LogP contribution in [-0.4, -0.2) is 60.0 Å². The maximum absolute atomic E-state index is 12.9. The van der Waals surface area contributed by atoms with E-state index in [2.05, 4.69) is 14.9 Å². The SMILES string of the molecule is COC(=O)c1c(C)[nH]c(C(=O)N2CCN(c3ccncc3)CC2)c1C. The summed E-state index contributed by atoms with van der Waals surface area (Å²) in [5.74, 6) is -0.502. The molecule has 3 rings (SSSR count). The first-order chi connectivity index (χ1) is 12.0. The Balaban J connectivity index is 1.72. The van der Waals surface area contributed by atoms with Crippen LogP contribution in [0.4, 0.5) is 5.69 Å². The number of carbonyl (C=O) groups excluding carboxylic acids is 2. The van der Waals surface area contributed by atoms with Crippen molar-refractivity contribution in [3.05, 3.63) is 47.0 Å². The fourth-order valence-electron chi connectivity index (χ4n) is 3.25. The largest absolute Gasteiger partial charge is 0.465 e. The smallest absolute Gasteiger partial charge is 0.339 e. The molecule has 1 N–H and O–H groups in total. The number of aromatic nitrogens is 2. The molecule has 0 atom stereocenters. The molecule has 0 radical (unpaired) electrons. The molecule has 3 heterocycles. The second kappa shape index (κ2) is 6.96. The Morgan fingerprint density at radius 3 is 2.36 bits per heavy atom. The van der Waals surface area contributed by atoms with Gasteiger partial charge in [-0.1, -0.05) is 0 Å². The van der Waals surface area contributed by atoms with E-state index in [4.69, 9.17) is 4.74 Å².